The van der Waals surface area contributed by atoms with Gasteiger partial charge in [0.15, 0.2) is 5.82 Å². The first kappa shape index (κ1) is 30.3. The summed E-state index contributed by atoms with van der Waals surface area (Å²) in [6, 6.07) is 5.50. The van der Waals surface area contributed by atoms with Crippen molar-refractivity contribution in [3.05, 3.63) is 87.5 Å². The first-order chi connectivity index (χ1) is 21.4. The number of piperazine rings is 1. The smallest absolute Gasteiger partial charge is 0.281 e. The molecule has 1 fully saturated rings. The number of anilines is 2. The number of phenolic OH excluding ortho intramolecular Hbond substituents is 1. The summed E-state index contributed by atoms with van der Waals surface area (Å²) >= 11 is 6.36. The molecule has 0 radical (unpaired) electrons. The van der Waals surface area contributed by atoms with Crippen LogP contribution < -0.4 is 15.8 Å². The normalized spacial score (nSPS) is 17.7. The number of halogens is 3. The van der Waals surface area contributed by atoms with Crippen LogP contribution in [0.5, 0.6) is 5.75 Å². The second kappa shape index (κ2) is 11.0. The number of hydrogen-bond donors (Lipinski definition) is 2. The van der Waals surface area contributed by atoms with Gasteiger partial charge < -0.3 is 20.2 Å². The van der Waals surface area contributed by atoms with Gasteiger partial charge in [-0.3, -0.25) is 23.9 Å². The Hall–Kier alpha value is -4.77. The maximum atomic E-state index is 17.2. The van der Waals surface area contributed by atoms with E-state index in [9.17, 15) is 19.5 Å². The molecule has 0 saturated carbocycles. The third kappa shape index (κ3) is 4.56. The number of carbonyl (C=O) groups excluding carboxylic acids is 2. The summed E-state index contributed by atoms with van der Waals surface area (Å²) in [7, 11) is 0. The van der Waals surface area contributed by atoms with Crippen LogP contribution in [-0.2, 0) is 9.59 Å². The summed E-state index contributed by atoms with van der Waals surface area (Å²) in [6.45, 7) is 10.9. The summed E-state index contributed by atoms with van der Waals surface area (Å²) in [4.78, 5) is 48.3. The van der Waals surface area contributed by atoms with Crippen LogP contribution in [0.1, 0.15) is 37.9 Å². The van der Waals surface area contributed by atoms with E-state index < -0.39 is 46.5 Å². The molecule has 2 aromatic carbocycles. The Morgan fingerprint density at radius 3 is 2.58 bits per heavy atom. The van der Waals surface area contributed by atoms with Crippen LogP contribution in [0.3, 0.4) is 0 Å². The third-order valence-electron chi connectivity index (χ3n) is 8.53. The Balaban J connectivity index is 1.77. The van der Waals surface area contributed by atoms with Crippen molar-refractivity contribution < 1.29 is 23.5 Å². The van der Waals surface area contributed by atoms with E-state index in [1.54, 1.807) is 31.0 Å². The zero-order valence-electron chi connectivity index (χ0n) is 25.0. The van der Waals surface area contributed by atoms with Crippen LogP contribution in [0.25, 0.3) is 27.7 Å². The summed E-state index contributed by atoms with van der Waals surface area (Å²) in [5.41, 5.74) is -0.565. The summed E-state index contributed by atoms with van der Waals surface area (Å²) in [5.74, 6) is -3.72. The number of aryl methyl sites for hydroxylation is 1. The predicted molar refractivity (Wildman–Crippen MR) is 169 cm³/mol. The van der Waals surface area contributed by atoms with Crippen molar-refractivity contribution in [1.29, 1.82) is 0 Å². The number of nitrogens with one attached hydrogen (secondary N) is 1. The van der Waals surface area contributed by atoms with E-state index in [-0.39, 0.29) is 63.5 Å². The molecule has 2 aromatic heterocycles. The van der Waals surface area contributed by atoms with E-state index >= 15 is 8.78 Å². The fourth-order valence-electron chi connectivity index (χ4n) is 6.43. The lowest BCUT2D eigenvalue weighted by atomic mass is 9.95. The van der Waals surface area contributed by atoms with Crippen molar-refractivity contribution in [3.8, 4) is 22.6 Å². The van der Waals surface area contributed by atoms with Crippen LogP contribution >= 0.6 is 11.6 Å². The average molecular weight is 634 g/mol. The molecule has 0 spiro atoms. The highest BCUT2D eigenvalue weighted by Crippen LogP contribution is 2.46. The topological polar surface area (TPSA) is 108 Å². The van der Waals surface area contributed by atoms with E-state index in [2.05, 4.69) is 16.9 Å². The molecular weight excluding hydrogens is 604 g/mol. The van der Waals surface area contributed by atoms with Gasteiger partial charge in [0.05, 0.1) is 39.7 Å². The van der Waals surface area contributed by atoms with E-state index in [4.69, 9.17) is 11.6 Å². The van der Waals surface area contributed by atoms with Crippen molar-refractivity contribution in [1.82, 2.24) is 14.5 Å². The van der Waals surface area contributed by atoms with Crippen LogP contribution in [0.4, 0.5) is 20.2 Å². The average Bonchev–Trinajstić information content (AvgIpc) is 2.98. The molecule has 0 aliphatic carbocycles. The van der Waals surface area contributed by atoms with Gasteiger partial charge in [0, 0.05) is 29.7 Å². The SMILES string of the molecule is C=CC(=O)N1CC2C(=O)Nc3c(c4cc(F)c(-c5c(O)cccc5Cl)c(F)c4n(-c4c(C)ccnc4C(C)C)c3=O)N2CC1C. The maximum absolute atomic E-state index is 17.2. The Kier molecular flexibility index (Phi) is 7.39. The largest absolute Gasteiger partial charge is 0.507 e. The number of phenols is 1. The van der Waals surface area contributed by atoms with Crippen LogP contribution in [0.15, 0.2) is 54.0 Å². The van der Waals surface area contributed by atoms with Gasteiger partial charge >= 0.3 is 0 Å². The van der Waals surface area contributed by atoms with Crippen LogP contribution in [0.2, 0.25) is 5.02 Å². The zero-order chi connectivity index (χ0) is 32.5. The molecule has 2 N–H and O–H groups in total. The van der Waals surface area contributed by atoms with E-state index in [0.29, 0.717) is 11.3 Å². The van der Waals surface area contributed by atoms with E-state index in [0.717, 1.165) is 16.7 Å². The molecule has 1 saturated heterocycles. The van der Waals surface area contributed by atoms with Gasteiger partial charge in [-0.05, 0) is 55.7 Å². The molecule has 4 heterocycles. The monoisotopic (exact) mass is 633 g/mol. The fraction of sp³-hybridized carbons (Fsp3) is 0.273. The molecular formula is C33H30ClF2N5O4. The van der Waals surface area contributed by atoms with Gasteiger partial charge in [0.2, 0.25) is 11.8 Å². The van der Waals surface area contributed by atoms with Gasteiger partial charge in [-0.2, -0.15) is 0 Å². The third-order valence-corrected chi connectivity index (χ3v) is 8.84. The molecule has 0 bridgehead atoms. The molecule has 232 valence electrons. The molecule has 6 rings (SSSR count). The van der Waals surface area contributed by atoms with Gasteiger partial charge in [-0.1, -0.05) is 38.1 Å². The van der Waals surface area contributed by atoms with Gasteiger partial charge in [-0.15, -0.1) is 0 Å². The Morgan fingerprint density at radius 2 is 1.91 bits per heavy atom. The quantitative estimate of drug-likeness (QED) is 0.281. The molecule has 12 heteroatoms. The minimum absolute atomic E-state index is 0.00792. The van der Waals surface area contributed by atoms with Crippen LogP contribution in [-0.4, -0.2) is 56.5 Å². The highest BCUT2D eigenvalue weighted by molar-refractivity contribution is 6.33. The Labute approximate surface area is 262 Å². The van der Waals surface area contributed by atoms with Gasteiger partial charge in [-0.25, -0.2) is 8.78 Å². The Bertz CT molecular complexity index is 1990. The highest BCUT2D eigenvalue weighted by atomic mass is 35.5. The molecule has 2 aliphatic heterocycles. The van der Waals surface area contributed by atoms with Crippen molar-refractivity contribution in [3.63, 3.8) is 0 Å². The molecule has 2 unspecified atom stereocenters. The number of fused-ring (bicyclic) bond motifs is 5. The number of pyridine rings is 2. The standard InChI is InChI=1S/C33H30ClF2N5O4/c1-6-23(43)39-14-21-32(44)38-28-31(40(21)13-17(39)5)18-12-20(35)25(24-19(34)8-7-9-22(24)42)26(36)30(18)41(33(28)45)29-16(4)10-11-37-27(29)15(2)3/h6-12,15,17,21,42H,1,13-14H2,2-5H3,(H,38,44). The first-order valence-corrected chi connectivity index (χ1v) is 14.8. The second-order valence-corrected chi connectivity index (χ2v) is 12.1. The van der Waals surface area contributed by atoms with E-state index in [1.807, 2.05) is 13.8 Å². The number of benzene rings is 2. The summed E-state index contributed by atoms with van der Waals surface area (Å²) < 4.78 is 34.5. The highest BCUT2D eigenvalue weighted by Gasteiger charge is 2.44. The number of hydrogen-bond acceptors (Lipinski definition) is 6. The van der Waals surface area contributed by atoms with E-state index in [1.165, 1.54) is 23.1 Å². The van der Waals surface area contributed by atoms with Gasteiger partial charge in [0.25, 0.3) is 5.56 Å². The predicted octanol–water partition coefficient (Wildman–Crippen LogP) is 5.67. The Morgan fingerprint density at radius 1 is 1.18 bits per heavy atom. The lowest BCUT2D eigenvalue weighted by molar-refractivity contribution is -0.130. The molecule has 9 nitrogen and oxygen atoms in total. The lowest BCUT2D eigenvalue weighted by Crippen LogP contribution is -2.64. The number of amides is 2. The summed E-state index contributed by atoms with van der Waals surface area (Å²) in [6.07, 6.45) is 2.74. The minimum atomic E-state index is -1.13. The number of rotatable bonds is 4. The number of aromatic hydroxyl groups is 1. The van der Waals surface area contributed by atoms with Crippen molar-refractivity contribution >= 4 is 45.7 Å². The minimum Gasteiger partial charge on any atom is -0.507 e. The summed E-state index contributed by atoms with van der Waals surface area (Å²) in [5, 5.41) is 13.3. The fourth-order valence-corrected chi connectivity index (χ4v) is 6.70. The van der Waals surface area contributed by atoms with Crippen molar-refractivity contribution in [2.24, 2.45) is 0 Å². The van der Waals surface area contributed by atoms with Crippen molar-refractivity contribution in [2.45, 2.75) is 45.7 Å². The molecule has 2 amide bonds. The number of aromatic nitrogens is 2. The molecule has 2 atom stereocenters. The zero-order valence-corrected chi connectivity index (χ0v) is 25.7. The number of nitrogens with zero attached hydrogens (tertiary/aromatic N) is 4. The first-order valence-electron chi connectivity index (χ1n) is 14.4. The maximum Gasteiger partial charge on any atom is 0.281 e. The molecule has 2 aliphatic rings. The van der Waals surface area contributed by atoms with Crippen LogP contribution in [0, 0.1) is 18.6 Å². The van der Waals surface area contributed by atoms with Gasteiger partial charge in [0.1, 0.15) is 23.3 Å². The molecule has 4 aromatic rings. The van der Waals surface area contributed by atoms with Crippen molar-refractivity contribution in [2.75, 3.05) is 23.3 Å². The number of carbonyl (C=O) groups is 2. The second-order valence-electron chi connectivity index (χ2n) is 11.7. The lowest BCUT2D eigenvalue weighted by Gasteiger charge is -2.48. The molecule has 45 heavy (non-hydrogen) atoms.